The topological polar surface area (TPSA) is 52.7 Å². The van der Waals surface area contributed by atoms with Crippen molar-refractivity contribution in [1.82, 2.24) is 15.1 Å². The standard InChI is InChI=1S/C18H29N3O2/c22-16(19-15-4-5-15)18(7-3-8-18)17(23)21-11-6-14(13-21)12-20-9-1-2-10-20/h14-15H,1-13H2,(H,19,22)/t14-/m1/s1. The van der Waals surface area contributed by atoms with Gasteiger partial charge >= 0.3 is 0 Å². The number of likely N-dealkylation sites (tertiary alicyclic amines) is 2. The highest BCUT2D eigenvalue weighted by Crippen LogP contribution is 2.44. The molecule has 4 rings (SSSR count). The predicted molar refractivity (Wildman–Crippen MR) is 87.8 cm³/mol. The second-order valence-electron chi connectivity index (χ2n) is 8.10. The number of carbonyl (C=O) groups is 2. The number of carbonyl (C=O) groups excluding carboxylic acids is 2. The average molecular weight is 319 g/mol. The third-order valence-electron chi connectivity index (χ3n) is 6.25. The number of hydrogen-bond donors (Lipinski definition) is 1. The van der Waals surface area contributed by atoms with Crippen LogP contribution in [0.25, 0.3) is 0 Å². The van der Waals surface area contributed by atoms with E-state index >= 15 is 0 Å². The fourth-order valence-electron chi connectivity index (χ4n) is 4.42. The van der Waals surface area contributed by atoms with Crippen molar-refractivity contribution in [3.63, 3.8) is 0 Å². The van der Waals surface area contributed by atoms with Gasteiger partial charge in [0, 0.05) is 25.7 Å². The van der Waals surface area contributed by atoms with Gasteiger partial charge in [0.05, 0.1) is 0 Å². The van der Waals surface area contributed by atoms with Crippen molar-refractivity contribution < 1.29 is 9.59 Å². The molecule has 2 aliphatic heterocycles. The van der Waals surface area contributed by atoms with Gasteiger partial charge in [-0.15, -0.1) is 0 Å². The SMILES string of the molecule is O=C(NC1CC1)C1(C(=O)N2CC[C@H](CN3CCCC3)C2)CCC1. The van der Waals surface area contributed by atoms with E-state index in [9.17, 15) is 9.59 Å². The summed E-state index contributed by atoms with van der Waals surface area (Å²) in [6, 6.07) is 0.342. The molecule has 5 heteroatoms. The summed E-state index contributed by atoms with van der Waals surface area (Å²) in [5.74, 6) is 0.728. The summed E-state index contributed by atoms with van der Waals surface area (Å²) in [6.07, 6.45) is 8.40. The number of nitrogens with zero attached hydrogens (tertiary/aromatic N) is 2. The van der Waals surface area contributed by atoms with Gasteiger partial charge < -0.3 is 15.1 Å². The van der Waals surface area contributed by atoms with Gasteiger partial charge in [-0.25, -0.2) is 0 Å². The number of nitrogens with one attached hydrogen (secondary N) is 1. The molecule has 0 unspecified atom stereocenters. The molecule has 1 atom stereocenters. The van der Waals surface area contributed by atoms with E-state index in [2.05, 4.69) is 10.2 Å². The lowest BCUT2D eigenvalue weighted by atomic mass is 9.67. The van der Waals surface area contributed by atoms with Gasteiger partial charge in [-0.1, -0.05) is 6.42 Å². The van der Waals surface area contributed by atoms with E-state index in [1.807, 2.05) is 4.90 Å². The molecule has 2 heterocycles. The average Bonchev–Trinajstić information content (AvgIpc) is 2.99. The van der Waals surface area contributed by atoms with E-state index in [-0.39, 0.29) is 11.8 Å². The minimum atomic E-state index is -0.717. The van der Waals surface area contributed by atoms with Crippen LogP contribution in [0, 0.1) is 11.3 Å². The van der Waals surface area contributed by atoms with Crippen LogP contribution in [0.2, 0.25) is 0 Å². The van der Waals surface area contributed by atoms with Crippen LogP contribution in [0.3, 0.4) is 0 Å². The first-order chi connectivity index (χ1) is 11.2. The van der Waals surface area contributed by atoms with Gasteiger partial charge in [-0.2, -0.15) is 0 Å². The summed E-state index contributed by atoms with van der Waals surface area (Å²) in [7, 11) is 0. The van der Waals surface area contributed by atoms with Gasteiger partial charge in [0.2, 0.25) is 11.8 Å². The Hall–Kier alpha value is -1.10. The van der Waals surface area contributed by atoms with Crippen LogP contribution in [0.1, 0.15) is 51.4 Å². The van der Waals surface area contributed by atoms with Crippen molar-refractivity contribution in [2.75, 3.05) is 32.7 Å². The van der Waals surface area contributed by atoms with Crippen molar-refractivity contribution >= 4 is 11.8 Å². The molecule has 2 amide bonds. The quantitative estimate of drug-likeness (QED) is 0.779. The monoisotopic (exact) mass is 319 g/mol. The second-order valence-corrected chi connectivity index (χ2v) is 8.10. The van der Waals surface area contributed by atoms with E-state index in [1.54, 1.807) is 0 Å². The van der Waals surface area contributed by atoms with Crippen molar-refractivity contribution in [1.29, 1.82) is 0 Å². The molecule has 4 fully saturated rings. The fraction of sp³-hybridized carbons (Fsp3) is 0.889. The number of rotatable bonds is 5. The zero-order valence-corrected chi connectivity index (χ0v) is 14.1. The predicted octanol–water partition coefficient (Wildman–Crippen LogP) is 1.38. The first kappa shape index (κ1) is 15.4. The van der Waals surface area contributed by atoms with Crippen LogP contribution in [-0.4, -0.2) is 60.4 Å². The zero-order valence-electron chi connectivity index (χ0n) is 14.1. The smallest absolute Gasteiger partial charge is 0.238 e. The largest absolute Gasteiger partial charge is 0.352 e. The van der Waals surface area contributed by atoms with Crippen LogP contribution in [0.4, 0.5) is 0 Å². The summed E-state index contributed by atoms with van der Waals surface area (Å²) in [5.41, 5.74) is -0.717. The lowest BCUT2D eigenvalue weighted by molar-refractivity contribution is -0.156. The van der Waals surface area contributed by atoms with Gasteiger partial charge in [0.15, 0.2) is 0 Å². The Morgan fingerprint density at radius 3 is 2.35 bits per heavy atom. The maximum absolute atomic E-state index is 13.0. The number of amides is 2. The van der Waals surface area contributed by atoms with Gasteiger partial charge in [-0.05, 0) is 64.0 Å². The van der Waals surface area contributed by atoms with E-state index in [1.165, 1.54) is 25.9 Å². The van der Waals surface area contributed by atoms with Crippen molar-refractivity contribution in [3.05, 3.63) is 0 Å². The van der Waals surface area contributed by atoms with Crippen LogP contribution >= 0.6 is 0 Å². The molecule has 128 valence electrons. The maximum atomic E-state index is 13.0. The van der Waals surface area contributed by atoms with Crippen LogP contribution < -0.4 is 5.32 Å². The molecule has 2 saturated heterocycles. The van der Waals surface area contributed by atoms with Gasteiger partial charge in [0.25, 0.3) is 0 Å². The van der Waals surface area contributed by atoms with Crippen molar-refractivity contribution in [2.24, 2.45) is 11.3 Å². The summed E-state index contributed by atoms with van der Waals surface area (Å²) in [5, 5.41) is 3.08. The van der Waals surface area contributed by atoms with E-state index < -0.39 is 5.41 Å². The summed E-state index contributed by atoms with van der Waals surface area (Å²) < 4.78 is 0. The fourth-order valence-corrected chi connectivity index (χ4v) is 4.42. The molecule has 0 aromatic heterocycles. The minimum absolute atomic E-state index is 0.0132. The molecule has 0 spiro atoms. The molecule has 4 aliphatic rings. The molecule has 0 radical (unpaired) electrons. The Balaban J connectivity index is 1.35. The Morgan fingerprint density at radius 2 is 1.74 bits per heavy atom. The highest BCUT2D eigenvalue weighted by Gasteiger charge is 2.54. The molecule has 0 aromatic rings. The molecule has 2 saturated carbocycles. The van der Waals surface area contributed by atoms with Gasteiger partial charge in [0.1, 0.15) is 5.41 Å². The summed E-state index contributed by atoms with van der Waals surface area (Å²) in [4.78, 5) is 30.1. The van der Waals surface area contributed by atoms with Crippen LogP contribution in [0.15, 0.2) is 0 Å². The maximum Gasteiger partial charge on any atom is 0.238 e. The van der Waals surface area contributed by atoms with Crippen LogP contribution in [0.5, 0.6) is 0 Å². The first-order valence-corrected chi connectivity index (χ1v) is 9.50. The zero-order chi connectivity index (χ0) is 15.9. The molecule has 0 bridgehead atoms. The minimum Gasteiger partial charge on any atom is -0.352 e. The Labute approximate surface area is 138 Å². The molecule has 1 N–H and O–H groups in total. The number of hydrogen-bond acceptors (Lipinski definition) is 3. The normalized spacial score (nSPS) is 30.3. The Bertz CT molecular complexity index is 479. The van der Waals surface area contributed by atoms with Crippen LogP contribution in [-0.2, 0) is 9.59 Å². The Morgan fingerprint density at radius 1 is 1.00 bits per heavy atom. The molecule has 2 aliphatic carbocycles. The van der Waals surface area contributed by atoms with Crippen molar-refractivity contribution in [2.45, 2.75) is 57.4 Å². The van der Waals surface area contributed by atoms with Crippen molar-refractivity contribution in [3.8, 4) is 0 Å². The highest BCUT2D eigenvalue weighted by atomic mass is 16.2. The summed E-state index contributed by atoms with van der Waals surface area (Å²) in [6.45, 7) is 5.27. The first-order valence-electron chi connectivity index (χ1n) is 9.50. The van der Waals surface area contributed by atoms with Gasteiger partial charge in [-0.3, -0.25) is 9.59 Å². The molecular weight excluding hydrogens is 290 g/mol. The third-order valence-corrected chi connectivity index (χ3v) is 6.25. The molecular formula is C18H29N3O2. The molecule has 5 nitrogen and oxygen atoms in total. The summed E-state index contributed by atoms with van der Waals surface area (Å²) >= 11 is 0. The Kier molecular flexibility index (Phi) is 4.08. The van der Waals surface area contributed by atoms with E-state index in [4.69, 9.17) is 0 Å². The van der Waals surface area contributed by atoms with E-state index in [0.717, 1.165) is 58.2 Å². The molecule has 0 aromatic carbocycles. The second kappa shape index (κ2) is 6.08. The lowest BCUT2D eigenvalue weighted by Crippen LogP contribution is -2.56. The highest BCUT2D eigenvalue weighted by molar-refractivity contribution is 6.06. The lowest BCUT2D eigenvalue weighted by Gasteiger charge is -2.41. The third kappa shape index (κ3) is 3.00. The molecule has 23 heavy (non-hydrogen) atoms. The van der Waals surface area contributed by atoms with E-state index in [0.29, 0.717) is 12.0 Å².